The van der Waals surface area contributed by atoms with Crippen LogP contribution in [0, 0.1) is 6.92 Å². The molecule has 0 radical (unpaired) electrons. The van der Waals surface area contributed by atoms with E-state index in [1.165, 1.54) is 0 Å². The quantitative estimate of drug-likeness (QED) is 0.512. The second-order valence-electron chi connectivity index (χ2n) is 5.09. The van der Waals surface area contributed by atoms with Crippen molar-refractivity contribution in [2.45, 2.75) is 13.5 Å². The molecule has 3 aromatic rings. The van der Waals surface area contributed by atoms with E-state index in [1.54, 1.807) is 13.3 Å². The zero-order chi connectivity index (χ0) is 16.8. The Morgan fingerprint density at radius 2 is 1.88 bits per heavy atom. The van der Waals surface area contributed by atoms with Crippen molar-refractivity contribution in [3.8, 4) is 17.2 Å². The summed E-state index contributed by atoms with van der Waals surface area (Å²) in [6.45, 7) is 2.13. The molecule has 0 amide bonds. The highest BCUT2D eigenvalue weighted by molar-refractivity contribution is 5.81. The molecule has 24 heavy (non-hydrogen) atoms. The van der Waals surface area contributed by atoms with Gasteiger partial charge in [-0.2, -0.15) is 0 Å². The van der Waals surface area contributed by atoms with Gasteiger partial charge in [-0.05, 0) is 42.3 Å². The molecule has 1 heterocycles. The summed E-state index contributed by atoms with van der Waals surface area (Å²) in [6.07, 6.45) is 1.66. The minimum absolute atomic E-state index is 0.117. The number of aromatic nitrogens is 2. The third kappa shape index (κ3) is 3.78. The van der Waals surface area contributed by atoms with Gasteiger partial charge in [0.05, 0.1) is 13.3 Å². The number of oxime groups is 1. The molecule has 0 spiro atoms. The van der Waals surface area contributed by atoms with Gasteiger partial charge >= 0.3 is 0 Å². The van der Waals surface area contributed by atoms with Crippen molar-refractivity contribution in [3.63, 3.8) is 0 Å². The molecule has 0 saturated heterocycles. The minimum Gasteiger partial charge on any atom is -0.497 e. The summed E-state index contributed by atoms with van der Waals surface area (Å²) in [5, 5.41) is 11.9. The summed E-state index contributed by atoms with van der Waals surface area (Å²) in [4.78, 5) is 5.22. The van der Waals surface area contributed by atoms with Gasteiger partial charge in [-0.3, -0.25) is 0 Å². The molecular weight excluding hydrogens is 306 g/mol. The largest absolute Gasteiger partial charge is 0.497 e. The second kappa shape index (κ2) is 7.41. The molecule has 0 fully saturated rings. The Labute approximate surface area is 139 Å². The topological polar surface area (TPSA) is 69.7 Å². The molecule has 0 aliphatic rings. The molecule has 122 valence electrons. The molecule has 6 nitrogen and oxygen atoms in total. The predicted molar refractivity (Wildman–Crippen MR) is 89.8 cm³/mol. The number of hydrogen-bond acceptors (Lipinski definition) is 6. The lowest BCUT2D eigenvalue weighted by molar-refractivity contribution is 0.112. The third-order valence-electron chi connectivity index (χ3n) is 3.45. The lowest BCUT2D eigenvalue weighted by Gasteiger charge is -1.99. The normalized spacial score (nSPS) is 10.9. The Morgan fingerprint density at radius 3 is 2.62 bits per heavy atom. The van der Waals surface area contributed by atoms with Crippen LogP contribution in [0.15, 0.2) is 58.1 Å². The molecule has 2 aromatic carbocycles. The third-order valence-corrected chi connectivity index (χ3v) is 3.45. The average molecular weight is 323 g/mol. The highest BCUT2D eigenvalue weighted by Crippen LogP contribution is 2.21. The van der Waals surface area contributed by atoms with Crippen LogP contribution in [0.2, 0.25) is 0 Å². The number of nitrogens with zero attached hydrogens (tertiary/aromatic N) is 3. The van der Waals surface area contributed by atoms with Gasteiger partial charge in [-0.15, -0.1) is 10.2 Å². The number of rotatable bonds is 6. The summed E-state index contributed by atoms with van der Waals surface area (Å²) in [5.74, 6) is 1.56. The first kappa shape index (κ1) is 15.7. The minimum atomic E-state index is 0.117. The van der Waals surface area contributed by atoms with Gasteiger partial charge in [0, 0.05) is 5.56 Å². The van der Waals surface area contributed by atoms with Crippen LogP contribution >= 0.6 is 0 Å². The van der Waals surface area contributed by atoms with Crippen LogP contribution in [0.3, 0.4) is 0 Å². The van der Waals surface area contributed by atoms with E-state index in [9.17, 15) is 0 Å². The van der Waals surface area contributed by atoms with E-state index in [0.717, 1.165) is 22.4 Å². The van der Waals surface area contributed by atoms with E-state index in [4.69, 9.17) is 14.0 Å². The number of methoxy groups -OCH3 is 1. The maximum atomic E-state index is 5.56. The smallest absolute Gasteiger partial charge is 0.257 e. The number of ether oxygens (including phenoxy) is 1. The van der Waals surface area contributed by atoms with Gasteiger partial charge in [0.2, 0.25) is 5.89 Å². The van der Waals surface area contributed by atoms with Crippen LogP contribution in [0.5, 0.6) is 5.75 Å². The zero-order valence-electron chi connectivity index (χ0n) is 13.5. The van der Waals surface area contributed by atoms with Crippen LogP contribution in [-0.4, -0.2) is 23.5 Å². The van der Waals surface area contributed by atoms with E-state index < -0.39 is 0 Å². The molecule has 6 heteroatoms. The molecule has 1 aromatic heterocycles. The molecule has 3 rings (SSSR count). The van der Waals surface area contributed by atoms with E-state index >= 15 is 0 Å². The van der Waals surface area contributed by atoms with Crippen molar-refractivity contribution in [3.05, 3.63) is 65.5 Å². The Kier molecular flexibility index (Phi) is 4.86. The molecule has 0 unspecified atom stereocenters. The van der Waals surface area contributed by atoms with Crippen LogP contribution in [-0.2, 0) is 11.4 Å². The molecule has 0 atom stereocenters. The van der Waals surface area contributed by atoms with Crippen LogP contribution in [0.4, 0.5) is 0 Å². The molecular formula is C18H17N3O3. The summed E-state index contributed by atoms with van der Waals surface area (Å²) < 4.78 is 10.7. The lowest BCUT2D eigenvalue weighted by Crippen LogP contribution is -1.90. The van der Waals surface area contributed by atoms with Crippen LogP contribution in [0.1, 0.15) is 17.0 Å². The highest BCUT2D eigenvalue weighted by atomic mass is 16.6. The van der Waals surface area contributed by atoms with Crippen molar-refractivity contribution >= 4 is 6.21 Å². The SMILES string of the molecule is COc1ccc(-c2nnc(CO/N=C/c3ccccc3C)o2)cc1. The van der Waals surface area contributed by atoms with Gasteiger partial charge < -0.3 is 14.0 Å². The van der Waals surface area contributed by atoms with Gasteiger partial charge in [-0.1, -0.05) is 29.4 Å². The standard InChI is InChI=1S/C18H17N3O3/c1-13-5-3-4-6-15(13)11-19-23-12-17-20-21-18(24-17)14-7-9-16(22-2)10-8-14/h3-11H,12H2,1-2H3/b19-11+. The molecule has 0 bridgehead atoms. The maximum Gasteiger partial charge on any atom is 0.257 e. The maximum absolute atomic E-state index is 5.56. The number of aryl methyl sites for hydroxylation is 1. The van der Waals surface area contributed by atoms with Crippen molar-refractivity contribution < 1.29 is 14.0 Å². The lowest BCUT2D eigenvalue weighted by atomic mass is 10.1. The van der Waals surface area contributed by atoms with Gasteiger partial charge in [0.1, 0.15) is 5.75 Å². The second-order valence-corrected chi connectivity index (χ2v) is 5.09. The predicted octanol–water partition coefficient (Wildman–Crippen LogP) is 3.60. The van der Waals surface area contributed by atoms with E-state index in [1.807, 2.05) is 55.5 Å². The summed E-state index contributed by atoms with van der Waals surface area (Å²) in [5.41, 5.74) is 2.95. The highest BCUT2D eigenvalue weighted by Gasteiger charge is 2.09. The van der Waals surface area contributed by atoms with Crippen molar-refractivity contribution in [2.24, 2.45) is 5.16 Å². The summed E-state index contributed by atoms with van der Waals surface area (Å²) >= 11 is 0. The molecule has 0 aliphatic carbocycles. The zero-order valence-corrected chi connectivity index (χ0v) is 13.5. The van der Waals surface area contributed by atoms with Crippen LogP contribution < -0.4 is 4.74 Å². The van der Waals surface area contributed by atoms with Gasteiger partial charge in [0.15, 0.2) is 6.61 Å². The average Bonchev–Trinajstić information content (AvgIpc) is 3.09. The Balaban J connectivity index is 1.59. The number of hydrogen-bond donors (Lipinski definition) is 0. The monoisotopic (exact) mass is 323 g/mol. The van der Waals surface area contributed by atoms with Crippen LogP contribution in [0.25, 0.3) is 11.5 Å². The first-order valence-corrected chi connectivity index (χ1v) is 7.44. The fourth-order valence-electron chi connectivity index (χ4n) is 2.08. The molecule has 0 N–H and O–H groups in total. The first-order chi connectivity index (χ1) is 11.8. The summed E-state index contributed by atoms with van der Waals surface area (Å²) in [7, 11) is 1.62. The van der Waals surface area contributed by atoms with Crippen molar-refractivity contribution in [1.29, 1.82) is 0 Å². The fourth-order valence-corrected chi connectivity index (χ4v) is 2.08. The van der Waals surface area contributed by atoms with Crippen molar-refractivity contribution in [2.75, 3.05) is 7.11 Å². The Bertz CT molecular complexity index is 826. The van der Waals surface area contributed by atoms with Gasteiger partial charge in [-0.25, -0.2) is 0 Å². The van der Waals surface area contributed by atoms with E-state index in [2.05, 4.69) is 15.4 Å². The first-order valence-electron chi connectivity index (χ1n) is 7.44. The Hall–Kier alpha value is -3.15. The van der Waals surface area contributed by atoms with Gasteiger partial charge in [0.25, 0.3) is 5.89 Å². The van der Waals surface area contributed by atoms with E-state index in [0.29, 0.717) is 11.8 Å². The molecule has 0 saturated carbocycles. The summed E-state index contributed by atoms with van der Waals surface area (Å²) in [6, 6.07) is 15.3. The Morgan fingerprint density at radius 1 is 1.08 bits per heavy atom. The van der Waals surface area contributed by atoms with E-state index in [-0.39, 0.29) is 6.61 Å². The van der Waals surface area contributed by atoms with Crippen molar-refractivity contribution in [1.82, 2.24) is 10.2 Å². The number of benzene rings is 2. The fraction of sp³-hybridized carbons (Fsp3) is 0.167. The molecule has 0 aliphatic heterocycles.